The average molecular weight is 388 g/mol. The van der Waals surface area contributed by atoms with Crippen molar-refractivity contribution in [3.05, 3.63) is 59.2 Å². The van der Waals surface area contributed by atoms with Crippen LogP contribution in [0.4, 0.5) is 5.69 Å². The lowest BCUT2D eigenvalue weighted by atomic mass is 9.86. The van der Waals surface area contributed by atoms with E-state index in [1.54, 1.807) is 31.2 Å². The first kappa shape index (κ1) is 19.4. The van der Waals surface area contributed by atoms with Crippen LogP contribution in [0.15, 0.2) is 47.4 Å². The number of aryl methyl sites for hydroxylation is 1. The number of hydrogen-bond donors (Lipinski definition) is 0. The van der Waals surface area contributed by atoms with Crippen LogP contribution in [0, 0.1) is 6.92 Å². The zero-order valence-corrected chi connectivity index (χ0v) is 17.0. The minimum atomic E-state index is -3.47. The van der Waals surface area contributed by atoms with E-state index in [0.29, 0.717) is 23.6 Å². The maximum Gasteiger partial charge on any atom is 0.338 e. The van der Waals surface area contributed by atoms with Gasteiger partial charge in [0.2, 0.25) is 0 Å². The van der Waals surface area contributed by atoms with Crippen LogP contribution in [-0.4, -0.2) is 40.3 Å². The van der Waals surface area contributed by atoms with E-state index in [2.05, 4.69) is 0 Å². The lowest BCUT2D eigenvalue weighted by molar-refractivity contribution is 0.0526. The van der Waals surface area contributed by atoms with E-state index in [0.717, 1.165) is 16.8 Å². The molecule has 3 rings (SSSR count). The zero-order chi connectivity index (χ0) is 19.8. The van der Waals surface area contributed by atoms with Gasteiger partial charge in [0.1, 0.15) is 0 Å². The number of ether oxygens (including phenoxy) is 1. The highest BCUT2D eigenvalue weighted by Crippen LogP contribution is 2.42. The van der Waals surface area contributed by atoms with Crippen LogP contribution in [0.1, 0.15) is 35.3 Å². The summed E-state index contributed by atoms with van der Waals surface area (Å²) < 4.78 is 31.2. The summed E-state index contributed by atoms with van der Waals surface area (Å²) in [6.45, 7) is 6.50. The highest BCUT2D eigenvalue weighted by atomic mass is 32.2. The molecule has 0 aliphatic carbocycles. The van der Waals surface area contributed by atoms with Crippen molar-refractivity contribution in [3.63, 3.8) is 0 Å². The molecule has 0 fully saturated rings. The van der Waals surface area contributed by atoms with Crippen LogP contribution in [0.2, 0.25) is 0 Å². The van der Waals surface area contributed by atoms with Crippen LogP contribution in [0.3, 0.4) is 0 Å². The van der Waals surface area contributed by atoms with Gasteiger partial charge in [0.25, 0.3) is 0 Å². The van der Waals surface area contributed by atoms with Gasteiger partial charge in [-0.2, -0.15) is 0 Å². The van der Waals surface area contributed by atoms with Gasteiger partial charge < -0.3 is 9.64 Å². The Kier molecular flexibility index (Phi) is 5.04. The second kappa shape index (κ2) is 7.00. The summed E-state index contributed by atoms with van der Waals surface area (Å²) in [5.41, 5.74) is 2.67. The Morgan fingerprint density at radius 3 is 2.48 bits per heavy atom. The average Bonchev–Trinajstić information content (AvgIpc) is 2.85. The number of sulfone groups is 1. The second-order valence-corrected chi connectivity index (χ2v) is 9.43. The van der Waals surface area contributed by atoms with E-state index in [-0.39, 0.29) is 5.75 Å². The van der Waals surface area contributed by atoms with Crippen LogP contribution in [0.5, 0.6) is 0 Å². The first-order valence-electron chi connectivity index (χ1n) is 8.98. The van der Waals surface area contributed by atoms with Crippen molar-refractivity contribution in [2.24, 2.45) is 0 Å². The fourth-order valence-corrected chi connectivity index (χ4v) is 5.56. The molecule has 0 spiro atoms. The van der Waals surface area contributed by atoms with E-state index < -0.39 is 21.2 Å². The van der Waals surface area contributed by atoms with Crippen LogP contribution < -0.4 is 4.90 Å². The molecule has 2 aromatic carbocycles. The predicted octanol–water partition coefficient (Wildman–Crippen LogP) is 3.35. The highest BCUT2D eigenvalue weighted by molar-refractivity contribution is 7.91. The lowest BCUT2D eigenvalue weighted by Crippen LogP contribution is -2.36. The predicted molar refractivity (Wildman–Crippen MR) is 106 cm³/mol. The number of likely N-dealkylation sites (N-methyl/N-ethyl adjacent to an activating group) is 1. The van der Waals surface area contributed by atoms with Gasteiger partial charge in [-0.05, 0) is 49.7 Å². The van der Waals surface area contributed by atoms with Gasteiger partial charge in [-0.15, -0.1) is 0 Å². The Bertz CT molecular complexity index is 966. The summed E-state index contributed by atoms with van der Waals surface area (Å²) >= 11 is 0. The number of rotatable bonds is 5. The Hall–Kier alpha value is -2.34. The molecule has 1 aliphatic rings. The molecule has 0 bridgehead atoms. The van der Waals surface area contributed by atoms with Crippen LogP contribution in [0.25, 0.3) is 0 Å². The largest absolute Gasteiger partial charge is 0.462 e. The van der Waals surface area contributed by atoms with Crippen LogP contribution in [-0.2, 0) is 20.0 Å². The molecule has 27 heavy (non-hydrogen) atoms. The molecule has 6 heteroatoms. The summed E-state index contributed by atoms with van der Waals surface area (Å²) in [5.74, 6) is -0.411. The van der Waals surface area contributed by atoms with Crippen LogP contribution >= 0.6 is 0 Å². The molecule has 0 radical (unpaired) electrons. The van der Waals surface area contributed by atoms with Crippen molar-refractivity contribution in [1.82, 2.24) is 0 Å². The van der Waals surface area contributed by atoms with E-state index in [4.69, 9.17) is 4.74 Å². The third kappa shape index (κ3) is 3.72. The molecule has 2 aromatic rings. The molecule has 1 unspecified atom stereocenters. The van der Waals surface area contributed by atoms with Crippen molar-refractivity contribution in [3.8, 4) is 0 Å². The Morgan fingerprint density at radius 1 is 1.19 bits per heavy atom. The van der Waals surface area contributed by atoms with Gasteiger partial charge >= 0.3 is 5.97 Å². The molecular formula is C21H25NO4S. The molecule has 0 N–H and O–H groups in total. The molecule has 0 aromatic heterocycles. The first-order valence-corrected chi connectivity index (χ1v) is 10.6. The van der Waals surface area contributed by atoms with Gasteiger partial charge in [0, 0.05) is 24.7 Å². The molecule has 0 saturated carbocycles. The van der Waals surface area contributed by atoms with Crippen molar-refractivity contribution >= 4 is 21.5 Å². The molecule has 1 aliphatic heterocycles. The molecule has 144 valence electrons. The normalized spacial score (nSPS) is 19.0. The van der Waals surface area contributed by atoms with Gasteiger partial charge in [-0.25, -0.2) is 13.2 Å². The topological polar surface area (TPSA) is 63.7 Å². The van der Waals surface area contributed by atoms with Gasteiger partial charge in [-0.3, -0.25) is 0 Å². The molecule has 1 heterocycles. The number of carbonyl (C=O) groups is 1. The fourth-order valence-electron chi connectivity index (χ4n) is 3.76. The third-order valence-electron chi connectivity index (χ3n) is 5.04. The quantitative estimate of drug-likeness (QED) is 0.736. The lowest BCUT2D eigenvalue weighted by Gasteiger charge is -2.25. The highest BCUT2D eigenvalue weighted by Gasteiger charge is 2.41. The summed E-state index contributed by atoms with van der Waals surface area (Å²) in [7, 11) is -1.53. The molecule has 1 atom stereocenters. The third-order valence-corrected chi connectivity index (χ3v) is 7.05. The van der Waals surface area contributed by atoms with E-state index in [1.165, 1.54) is 0 Å². The van der Waals surface area contributed by atoms with E-state index in [1.807, 2.05) is 44.0 Å². The number of hydrogen-bond acceptors (Lipinski definition) is 5. The van der Waals surface area contributed by atoms with Crippen molar-refractivity contribution in [2.75, 3.05) is 30.9 Å². The fraction of sp³-hybridized carbons (Fsp3) is 0.381. The number of fused-ring (bicyclic) bond motifs is 1. The van der Waals surface area contributed by atoms with Crippen molar-refractivity contribution < 1.29 is 17.9 Å². The van der Waals surface area contributed by atoms with Crippen molar-refractivity contribution in [2.45, 2.75) is 31.1 Å². The Morgan fingerprint density at radius 2 is 1.85 bits per heavy atom. The molecular weight excluding hydrogens is 362 g/mol. The van der Waals surface area contributed by atoms with E-state index >= 15 is 0 Å². The zero-order valence-electron chi connectivity index (χ0n) is 16.2. The van der Waals surface area contributed by atoms with Crippen molar-refractivity contribution in [1.29, 1.82) is 0 Å². The smallest absolute Gasteiger partial charge is 0.338 e. The molecule has 0 saturated heterocycles. The second-order valence-electron chi connectivity index (χ2n) is 7.44. The number of nitrogens with zero attached hydrogens (tertiary/aromatic N) is 1. The molecule has 0 amide bonds. The SMILES string of the molecule is CCOC(=O)c1ccc2c(c1)C(C)(CS(=O)(=O)c1ccc(C)cc1)CN2C. The van der Waals surface area contributed by atoms with Gasteiger partial charge in [0.15, 0.2) is 9.84 Å². The first-order chi connectivity index (χ1) is 12.7. The number of carbonyl (C=O) groups excluding carboxylic acids is 1. The number of esters is 1. The van der Waals surface area contributed by atoms with E-state index in [9.17, 15) is 13.2 Å². The Labute approximate surface area is 160 Å². The minimum absolute atomic E-state index is 0.0212. The summed E-state index contributed by atoms with van der Waals surface area (Å²) in [4.78, 5) is 14.5. The summed E-state index contributed by atoms with van der Waals surface area (Å²) in [6.07, 6.45) is 0. The molecule has 5 nitrogen and oxygen atoms in total. The van der Waals surface area contributed by atoms with Gasteiger partial charge in [-0.1, -0.05) is 24.6 Å². The monoisotopic (exact) mass is 387 g/mol. The summed E-state index contributed by atoms with van der Waals surface area (Å²) in [6, 6.07) is 12.3. The maximum absolute atomic E-state index is 13.0. The minimum Gasteiger partial charge on any atom is -0.462 e. The maximum atomic E-state index is 13.0. The Balaban J connectivity index is 1.99. The number of anilines is 1. The van der Waals surface area contributed by atoms with Gasteiger partial charge in [0.05, 0.1) is 22.8 Å². The standard InChI is InChI=1S/C21H25NO4S/c1-5-26-20(23)16-8-11-19-18(12-16)21(3,13-22(19)4)14-27(24,25)17-9-6-15(2)7-10-17/h6-12H,5,13-14H2,1-4H3. The number of benzene rings is 2. The summed E-state index contributed by atoms with van der Waals surface area (Å²) in [5, 5.41) is 0.